The molecule has 1 aromatic carbocycles. The Labute approximate surface area is 124 Å². The van der Waals surface area contributed by atoms with Gasteiger partial charge in [-0.25, -0.2) is 0 Å². The number of amides is 1. The topological polar surface area (TPSA) is 81.1 Å². The maximum absolute atomic E-state index is 11.6. The highest BCUT2D eigenvalue weighted by atomic mass is 35.5. The van der Waals surface area contributed by atoms with Crippen molar-refractivity contribution in [2.75, 3.05) is 11.1 Å². The molecule has 0 saturated heterocycles. The summed E-state index contributed by atoms with van der Waals surface area (Å²) in [4.78, 5) is 11.6. The van der Waals surface area contributed by atoms with E-state index < -0.39 is 5.91 Å². The van der Waals surface area contributed by atoms with Gasteiger partial charge in [0.1, 0.15) is 0 Å². The van der Waals surface area contributed by atoms with Gasteiger partial charge in [0.15, 0.2) is 0 Å². The Bertz CT molecular complexity index is 518. The molecule has 0 spiro atoms. The number of primary amides is 1. The lowest BCUT2D eigenvalue weighted by Crippen LogP contribution is -2.34. The van der Waals surface area contributed by atoms with Crippen LogP contribution in [0.4, 0.5) is 11.4 Å². The maximum Gasteiger partial charge on any atom is 0.250 e. The Kier molecular flexibility index (Phi) is 4.43. The van der Waals surface area contributed by atoms with Crippen LogP contribution in [0.25, 0.3) is 0 Å². The Morgan fingerprint density at radius 3 is 2.65 bits per heavy atom. The van der Waals surface area contributed by atoms with Gasteiger partial charge < -0.3 is 16.8 Å². The SMILES string of the molecule is CC1CCC(Nc2c(Cl)cc(N)cc2C(N)=O)C(C)C1. The molecule has 1 aliphatic carbocycles. The summed E-state index contributed by atoms with van der Waals surface area (Å²) in [6.45, 7) is 4.50. The first-order valence-electron chi connectivity index (χ1n) is 7.03. The number of nitrogen functional groups attached to an aromatic ring is 1. The first kappa shape index (κ1) is 15.0. The average Bonchev–Trinajstić information content (AvgIpc) is 2.34. The molecule has 2 rings (SSSR count). The number of benzene rings is 1. The number of anilines is 2. The molecule has 0 heterocycles. The molecule has 1 aromatic rings. The van der Waals surface area contributed by atoms with E-state index in [4.69, 9.17) is 23.1 Å². The van der Waals surface area contributed by atoms with Crippen LogP contribution < -0.4 is 16.8 Å². The van der Waals surface area contributed by atoms with Gasteiger partial charge in [0, 0.05) is 11.7 Å². The average molecular weight is 296 g/mol. The highest BCUT2D eigenvalue weighted by molar-refractivity contribution is 6.34. The maximum atomic E-state index is 11.6. The summed E-state index contributed by atoms with van der Waals surface area (Å²) in [5.74, 6) is 0.771. The van der Waals surface area contributed by atoms with Crippen LogP contribution in [0.5, 0.6) is 0 Å². The van der Waals surface area contributed by atoms with Crippen molar-refractivity contribution in [1.29, 1.82) is 0 Å². The zero-order valence-electron chi connectivity index (χ0n) is 11.9. The largest absolute Gasteiger partial charge is 0.399 e. The van der Waals surface area contributed by atoms with Crippen LogP contribution in [0.3, 0.4) is 0 Å². The minimum absolute atomic E-state index is 0.311. The van der Waals surface area contributed by atoms with Gasteiger partial charge in [-0.3, -0.25) is 4.79 Å². The van der Waals surface area contributed by atoms with E-state index in [1.807, 2.05) is 0 Å². The molecule has 0 aromatic heterocycles. The lowest BCUT2D eigenvalue weighted by atomic mass is 9.79. The number of nitrogens with two attached hydrogens (primary N) is 2. The van der Waals surface area contributed by atoms with Crippen LogP contribution in [0.1, 0.15) is 43.5 Å². The Morgan fingerprint density at radius 1 is 1.35 bits per heavy atom. The first-order chi connectivity index (χ1) is 9.38. The van der Waals surface area contributed by atoms with Crippen LogP contribution in [0.15, 0.2) is 12.1 Å². The van der Waals surface area contributed by atoms with Crippen molar-refractivity contribution in [3.63, 3.8) is 0 Å². The molecule has 0 aliphatic heterocycles. The third-order valence-corrected chi connectivity index (χ3v) is 4.44. The van der Waals surface area contributed by atoms with Crippen molar-refractivity contribution in [3.8, 4) is 0 Å². The number of hydrogen-bond donors (Lipinski definition) is 3. The summed E-state index contributed by atoms with van der Waals surface area (Å²) in [6, 6.07) is 3.53. The number of carbonyl (C=O) groups is 1. The molecule has 1 aliphatic rings. The second-order valence-corrected chi connectivity index (χ2v) is 6.34. The van der Waals surface area contributed by atoms with Crippen LogP contribution in [0.2, 0.25) is 5.02 Å². The second-order valence-electron chi connectivity index (χ2n) is 5.94. The number of nitrogens with one attached hydrogen (secondary N) is 1. The fourth-order valence-electron chi connectivity index (χ4n) is 3.03. The van der Waals surface area contributed by atoms with E-state index in [0.29, 0.717) is 33.9 Å². The molecule has 5 heteroatoms. The standard InChI is InChI=1S/C15H22ClN3O/c1-8-3-4-13(9(2)5-8)19-14-11(15(18)20)6-10(17)7-12(14)16/h6-9,13,19H,3-5,17H2,1-2H3,(H2,18,20). The van der Waals surface area contributed by atoms with Gasteiger partial charge in [-0.1, -0.05) is 25.4 Å². The highest BCUT2D eigenvalue weighted by Crippen LogP contribution is 2.35. The number of rotatable bonds is 3. The van der Waals surface area contributed by atoms with Crippen molar-refractivity contribution >= 4 is 28.9 Å². The highest BCUT2D eigenvalue weighted by Gasteiger charge is 2.27. The van der Waals surface area contributed by atoms with E-state index in [2.05, 4.69) is 19.2 Å². The molecule has 0 bridgehead atoms. The molecule has 0 radical (unpaired) electrons. The van der Waals surface area contributed by atoms with E-state index in [0.717, 1.165) is 12.3 Å². The van der Waals surface area contributed by atoms with Gasteiger partial charge >= 0.3 is 0 Å². The van der Waals surface area contributed by atoms with Gasteiger partial charge in [0.25, 0.3) is 5.91 Å². The molecule has 3 unspecified atom stereocenters. The summed E-state index contributed by atoms with van der Waals surface area (Å²) in [6.07, 6.45) is 3.43. The quantitative estimate of drug-likeness (QED) is 0.749. The summed E-state index contributed by atoms with van der Waals surface area (Å²) >= 11 is 6.22. The van der Waals surface area contributed by atoms with Gasteiger partial charge in [-0.2, -0.15) is 0 Å². The Hall–Kier alpha value is -1.42. The number of carbonyl (C=O) groups excluding carboxylic acids is 1. The molecule has 1 amide bonds. The second kappa shape index (κ2) is 5.92. The van der Waals surface area contributed by atoms with Gasteiger partial charge in [0.2, 0.25) is 0 Å². The molecule has 20 heavy (non-hydrogen) atoms. The summed E-state index contributed by atoms with van der Waals surface area (Å²) in [5, 5.41) is 3.86. The Morgan fingerprint density at radius 2 is 2.05 bits per heavy atom. The van der Waals surface area contributed by atoms with Gasteiger partial charge in [0.05, 0.1) is 16.3 Å². The monoisotopic (exact) mass is 295 g/mol. The summed E-state index contributed by atoms with van der Waals surface area (Å²) in [5.41, 5.74) is 12.6. The molecular weight excluding hydrogens is 274 g/mol. The molecule has 1 saturated carbocycles. The van der Waals surface area contributed by atoms with Crippen LogP contribution in [-0.2, 0) is 0 Å². The van der Waals surface area contributed by atoms with Crippen molar-refractivity contribution in [1.82, 2.24) is 0 Å². The zero-order valence-corrected chi connectivity index (χ0v) is 12.7. The normalized spacial score (nSPS) is 26.2. The van der Waals surface area contributed by atoms with E-state index >= 15 is 0 Å². The van der Waals surface area contributed by atoms with E-state index in [-0.39, 0.29) is 0 Å². The minimum atomic E-state index is -0.515. The summed E-state index contributed by atoms with van der Waals surface area (Å²) < 4.78 is 0. The van der Waals surface area contributed by atoms with Crippen molar-refractivity contribution in [3.05, 3.63) is 22.7 Å². The fourth-order valence-corrected chi connectivity index (χ4v) is 3.32. The van der Waals surface area contributed by atoms with E-state index in [1.165, 1.54) is 12.8 Å². The number of halogens is 1. The molecular formula is C15H22ClN3O. The molecule has 110 valence electrons. The van der Waals surface area contributed by atoms with Crippen molar-refractivity contribution in [2.45, 2.75) is 39.2 Å². The predicted molar refractivity (Wildman–Crippen MR) is 84.0 cm³/mol. The van der Waals surface area contributed by atoms with Crippen molar-refractivity contribution < 1.29 is 4.79 Å². The Balaban J connectivity index is 2.27. The number of hydrogen-bond acceptors (Lipinski definition) is 3. The molecule has 5 N–H and O–H groups in total. The lowest BCUT2D eigenvalue weighted by molar-refractivity contribution is 0.100. The molecule has 3 atom stereocenters. The third-order valence-electron chi connectivity index (χ3n) is 4.14. The van der Waals surface area contributed by atoms with Crippen molar-refractivity contribution in [2.24, 2.45) is 17.6 Å². The lowest BCUT2D eigenvalue weighted by Gasteiger charge is -2.34. The molecule has 1 fully saturated rings. The third kappa shape index (κ3) is 3.18. The molecule has 4 nitrogen and oxygen atoms in total. The predicted octanol–water partition coefficient (Wildman–Crippen LogP) is 3.26. The minimum Gasteiger partial charge on any atom is -0.399 e. The first-order valence-corrected chi connectivity index (χ1v) is 7.41. The van der Waals surface area contributed by atoms with Crippen LogP contribution in [-0.4, -0.2) is 11.9 Å². The summed E-state index contributed by atoms with van der Waals surface area (Å²) in [7, 11) is 0. The smallest absolute Gasteiger partial charge is 0.250 e. The van der Waals surface area contributed by atoms with E-state index in [1.54, 1.807) is 12.1 Å². The van der Waals surface area contributed by atoms with Gasteiger partial charge in [-0.05, 0) is 43.2 Å². The van der Waals surface area contributed by atoms with Crippen LogP contribution >= 0.6 is 11.6 Å². The fraction of sp³-hybridized carbons (Fsp3) is 0.533. The van der Waals surface area contributed by atoms with E-state index in [9.17, 15) is 4.79 Å². The van der Waals surface area contributed by atoms with Gasteiger partial charge in [-0.15, -0.1) is 0 Å². The van der Waals surface area contributed by atoms with Crippen LogP contribution in [0, 0.1) is 11.8 Å². The zero-order chi connectivity index (χ0) is 14.9.